The lowest BCUT2D eigenvalue weighted by Gasteiger charge is -2.27. The fourth-order valence-corrected chi connectivity index (χ4v) is 2.05. The summed E-state index contributed by atoms with van der Waals surface area (Å²) in [6, 6.07) is 8.67. The van der Waals surface area contributed by atoms with Gasteiger partial charge in [-0.05, 0) is 30.5 Å². The molecule has 1 fully saturated rings. The van der Waals surface area contributed by atoms with Crippen LogP contribution in [0.4, 0.5) is 0 Å². The van der Waals surface area contributed by atoms with Gasteiger partial charge in [0.2, 0.25) is 0 Å². The molecule has 0 radical (unpaired) electrons. The molecule has 0 spiro atoms. The van der Waals surface area contributed by atoms with E-state index < -0.39 is 0 Å². The van der Waals surface area contributed by atoms with E-state index in [0.717, 1.165) is 17.5 Å². The van der Waals surface area contributed by atoms with Crippen LogP contribution in [0.2, 0.25) is 5.02 Å². The largest absolute Gasteiger partial charge is 0.356 e. The SMILES string of the molecule is CN=C(NCC(C)(C)c1ccc(Cl)cc1)NC1CC1. The zero-order valence-corrected chi connectivity index (χ0v) is 12.6. The topological polar surface area (TPSA) is 36.4 Å². The Morgan fingerprint density at radius 3 is 2.47 bits per heavy atom. The van der Waals surface area contributed by atoms with Gasteiger partial charge in [0.1, 0.15) is 0 Å². The summed E-state index contributed by atoms with van der Waals surface area (Å²) in [6.45, 7) is 5.27. The van der Waals surface area contributed by atoms with Gasteiger partial charge in [-0.2, -0.15) is 0 Å². The van der Waals surface area contributed by atoms with Crippen molar-refractivity contribution in [1.29, 1.82) is 0 Å². The number of benzene rings is 1. The fourth-order valence-electron chi connectivity index (χ4n) is 1.92. The molecule has 1 aromatic carbocycles. The molecular formula is C15H22ClN3. The predicted molar refractivity (Wildman–Crippen MR) is 82.0 cm³/mol. The van der Waals surface area contributed by atoms with Crippen molar-refractivity contribution in [3.63, 3.8) is 0 Å². The van der Waals surface area contributed by atoms with Gasteiger partial charge in [0.25, 0.3) is 0 Å². The Balaban J connectivity index is 1.94. The van der Waals surface area contributed by atoms with Crippen LogP contribution >= 0.6 is 11.6 Å². The van der Waals surface area contributed by atoms with Gasteiger partial charge in [-0.1, -0.05) is 37.6 Å². The summed E-state index contributed by atoms with van der Waals surface area (Å²) < 4.78 is 0. The maximum Gasteiger partial charge on any atom is 0.191 e. The van der Waals surface area contributed by atoms with Crippen LogP contribution in [0.1, 0.15) is 32.3 Å². The molecule has 0 atom stereocenters. The number of halogens is 1. The molecule has 1 aromatic rings. The Morgan fingerprint density at radius 2 is 1.95 bits per heavy atom. The number of hydrogen-bond acceptors (Lipinski definition) is 1. The first kappa shape index (κ1) is 14.2. The lowest BCUT2D eigenvalue weighted by Crippen LogP contribution is -2.44. The van der Waals surface area contributed by atoms with E-state index in [2.05, 4.69) is 41.6 Å². The molecule has 3 nitrogen and oxygen atoms in total. The number of aliphatic imine (C=N–C) groups is 1. The lowest BCUT2D eigenvalue weighted by molar-refractivity contribution is 0.508. The molecule has 0 aliphatic heterocycles. The molecule has 1 aliphatic rings. The van der Waals surface area contributed by atoms with Crippen molar-refractivity contribution < 1.29 is 0 Å². The van der Waals surface area contributed by atoms with E-state index in [1.807, 2.05) is 19.2 Å². The van der Waals surface area contributed by atoms with Crippen LogP contribution in [0.3, 0.4) is 0 Å². The maximum absolute atomic E-state index is 5.93. The quantitative estimate of drug-likeness (QED) is 0.657. The number of hydrogen-bond donors (Lipinski definition) is 2. The fraction of sp³-hybridized carbons (Fsp3) is 0.533. The molecule has 104 valence electrons. The van der Waals surface area contributed by atoms with Crippen LogP contribution in [0.5, 0.6) is 0 Å². The molecule has 0 bridgehead atoms. The lowest BCUT2D eigenvalue weighted by atomic mass is 9.85. The van der Waals surface area contributed by atoms with E-state index in [1.165, 1.54) is 18.4 Å². The van der Waals surface area contributed by atoms with E-state index in [-0.39, 0.29) is 5.41 Å². The van der Waals surface area contributed by atoms with Crippen molar-refractivity contribution in [2.75, 3.05) is 13.6 Å². The smallest absolute Gasteiger partial charge is 0.191 e. The van der Waals surface area contributed by atoms with Crippen LogP contribution in [-0.2, 0) is 5.41 Å². The molecule has 2 N–H and O–H groups in total. The van der Waals surface area contributed by atoms with E-state index >= 15 is 0 Å². The van der Waals surface area contributed by atoms with Crippen molar-refractivity contribution in [2.45, 2.75) is 38.1 Å². The minimum absolute atomic E-state index is 0.0335. The van der Waals surface area contributed by atoms with Crippen molar-refractivity contribution in [1.82, 2.24) is 10.6 Å². The van der Waals surface area contributed by atoms with Crippen molar-refractivity contribution >= 4 is 17.6 Å². The molecule has 0 heterocycles. The Morgan fingerprint density at radius 1 is 1.32 bits per heavy atom. The maximum atomic E-state index is 5.93. The van der Waals surface area contributed by atoms with Gasteiger partial charge in [0.15, 0.2) is 5.96 Å². The second-order valence-electron chi connectivity index (χ2n) is 5.74. The predicted octanol–water partition coefficient (Wildman–Crippen LogP) is 2.95. The summed E-state index contributed by atoms with van der Waals surface area (Å²) in [5.74, 6) is 0.893. The number of guanidine groups is 1. The minimum Gasteiger partial charge on any atom is -0.356 e. The van der Waals surface area contributed by atoms with Crippen LogP contribution in [0.15, 0.2) is 29.3 Å². The second kappa shape index (κ2) is 5.83. The number of nitrogens with zero attached hydrogens (tertiary/aromatic N) is 1. The van der Waals surface area contributed by atoms with Gasteiger partial charge in [-0.15, -0.1) is 0 Å². The van der Waals surface area contributed by atoms with E-state index in [0.29, 0.717) is 6.04 Å². The highest BCUT2D eigenvalue weighted by atomic mass is 35.5. The summed E-state index contributed by atoms with van der Waals surface area (Å²) in [5.41, 5.74) is 1.30. The second-order valence-corrected chi connectivity index (χ2v) is 6.17. The standard InChI is InChI=1S/C15H22ClN3/c1-15(2,11-4-6-12(16)7-5-11)10-18-14(17-3)19-13-8-9-13/h4-7,13H,8-10H2,1-3H3,(H2,17,18,19). The molecule has 0 saturated heterocycles. The Labute approximate surface area is 120 Å². The summed E-state index contributed by atoms with van der Waals surface area (Å²) in [5, 5.41) is 7.57. The summed E-state index contributed by atoms with van der Waals surface area (Å²) in [4.78, 5) is 4.25. The number of rotatable bonds is 4. The first-order chi connectivity index (χ1) is 9.01. The van der Waals surface area contributed by atoms with Gasteiger partial charge in [-0.25, -0.2) is 0 Å². The summed E-state index contributed by atoms with van der Waals surface area (Å²) in [7, 11) is 1.81. The third-order valence-electron chi connectivity index (χ3n) is 3.47. The van der Waals surface area contributed by atoms with E-state index in [1.54, 1.807) is 0 Å². The molecule has 2 rings (SSSR count). The first-order valence-corrected chi connectivity index (χ1v) is 7.12. The summed E-state index contributed by atoms with van der Waals surface area (Å²) in [6.07, 6.45) is 2.50. The van der Waals surface area contributed by atoms with Crippen molar-refractivity contribution in [3.05, 3.63) is 34.9 Å². The monoisotopic (exact) mass is 279 g/mol. The normalized spacial score (nSPS) is 16.3. The van der Waals surface area contributed by atoms with Crippen LogP contribution in [0.25, 0.3) is 0 Å². The van der Waals surface area contributed by atoms with Gasteiger partial charge in [0.05, 0.1) is 0 Å². The molecular weight excluding hydrogens is 258 g/mol. The average molecular weight is 280 g/mol. The highest BCUT2D eigenvalue weighted by molar-refractivity contribution is 6.30. The molecule has 4 heteroatoms. The zero-order valence-electron chi connectivity index (χ0n) is 11.8. The summed E-state index contributed by atoms with van der Waals surface area (Å²) >= 11 is 5.93. The van der Waals surface area contributed by atoms with Crippen LogP contribution in [-0.4, -0.2) is 25.6 Å². The van der Waals surface area contributed by atoms with Crippen LogP contribution in [0, 0.1) is 0 Å². The van der Waals surface area contributed by atoms with Gasteiger partial charge in [-0.3, -0.25) is 4.99 Å². The molecule has 1 saturated carbocycles. The highest BCUT2D eigenvalue weighted by Gasteiger charge is 2.24. The highest BCUT2D eigenvalue weighted by Crippen LogP contribution is 2.24. The van der Waals surface area contributed by atoms with Crippen molar-refractivity contribution in [2.24, 2.45) is 4.99 Å². The molecule has 0 amide bonds. The van der Waals surface area contributed by atoms with Gasteiger partial charge >= 0.3 is 0 Å². The molecule has 0 aromatic heterocycles. The third kappa shape index (κ3) is 4.13. The Kier molecular flexibility index (Phi) is 4.35. The average Bonchev–Trinajstić information content (AvgIpc) is 3.19. The third-order valence-corrected chi connectivity index (χ3v) is 3.72. The molecule has 1 aliphatic carbocycles. The van der Waals surface area contributed by atoms with Gasteiger partial charge < -0.3 is 10.6 Å². The first-order valence-electron chi connectivity index (χ1n) is 6.74. The van der Waals surface area contributed by atoms with Gasteiger partial charge in [0, 0.05) is 30.1 Å². The molecule has 0 unspecified atom stereocenters. The van der Waals surface area contributed by atoms with Crippen LogP contribution < -0.4 is 10.6 Å². The Bertz CT molecular complexity index is 447. The number of nitrogens with one attached hydrogen (secondary N) is 2. The zero-order chi connectivity index (χ0) is 13.9. The Hall–Kier alpha value is -1.22. The molecule has 19 heavy (non-hydrogen) atoms. The van der Waals surface area contributed by atoms with E-state index in [4.69, 9.17) is 11.6 Å². The van der Waals surface area contributed by atoms with Crippen molar-refractivity contribution in [3.8, 4) is 0 Å². The minimum atomic E-state index is 0.0335. The van der Waals surface area contributed by atoms with E-state index in [9.17, 15) is 0 Å².